The van der Waals surface area contributed by atoms with Crippen molar-refractivity contribution >= 4 is 17.0 Å². The number of aromatic nitrogens is 5. The van der Waals surface area contributed by atoms with E-state index in [1.165, 1.54) is 23.2 Å². The lowest BCUT2D eigenvalue weighted by Crippen LogP contribution is -2.25. The molecule has 0 aliphatic carbocycles. The summed E-state index contributed by atoms with van der Waals surface area (Å²) < 4.78 is 7.54. The van der Waals surface area contributed by atoms with Crippen molar-refractivity contribution in [2.75, 3.05) is 0 Å². The largest absolute Gasteiger partial charge is 0.478 e. The molecule has 0 aliphatic heterocycles. The molecule has 3 heterocycles. The summed E-state index contributed by atoms with van der Waals surface area (Å²) >= 11 is 0. The van der Waals surface area contributed by atoms with Gasteiger partial charge in [0, 0.05) is 7.05 Å². The first kappa shape index (κ1) is 12.1. The summed E-state index contributed by atoms with van der Waals surface area (Å²) in [6.07, 6.45) is 2.64. The number of carbonyl (C=O) groups is 1. The van der Waals surface area contributed by atoms with Crippen LogP contribution in [0.1, 0.15) is 16.1 Å². The van der Waals surface area contributed by atoms with Crippen molar-refractivity contribution in [3.8, 4) is 0 Å². The molecule has 0 atom stereocenters. The number of nitrogens with zero attached hydrogens (tertiary/aromatic N) is 5. The molecule has 0 aromatic carbocycles. The van der Waals surface area contributed by atoms with Gasteiger partial charge in [-0.3, -0.25) is 4.79 Å². The van der Waals surface area contributed by atoms with Crippen LogP contribution in [-0.2, 0) is 13.6 Å². The van der Waals surface area contributed by atoms with Crippen LogP contribution in [0.15, 0.2) is 27.7 Å². The van der Waals surface area contributed by atoms with E-state index >= 15 is 0 Å². The van der Waals surface area contributed by atoms with E-state index in [4.69, 9.17) is 9.52 Å². The molecule has 0 bridgehead atoms. The fourth-order valence-electron chi connectivity index (χ4n) is 1.87. The maximum atomic E-state index is 12.2. The van der Waals surface area contributed by atoms with Gasteiger partial charge in [-0.15, -0.1) is 5.10 Å². The Labute approximate surface area is 111 Å². The van der Waals surface area contributed by atoms with E-state index in [2.05, 4.69) is 15.4 Å². The van der Waals surface area contributed by atoms with Crippen LogP contribution in [0.5, 0.6) is 0 Å². The average molecular weight is 275 g/mol. The number of aryl methyl sites for hydroxylation is 1. The topological polar surface area (TPSA) is 116 Å². The number of carboxylic acids is 1. The van der Waals surface area contributed by atoms with E-state index in [1.807, 2.05) is 0 Å². The monoisotopic (exact) mass is 275 g/mol. The Kier molecular flexibility index (Phi) is 2.60. The number of hydrogen-bond acceptors (Lipinski definition) is 6. The zero-order valence-corrected chi connectivity index (χ0v) is 10.3. The highest BCUT2D eigenvalue weighted by Crippen LogP contribution is 2.11. The molecule has 0 unspecified atom stereocenters. The molecule has 3 aromatic heterocycles. The van der Waals surface area contributed by atoms with E-state index in [1.54, 1.807) is 7.05 Å². The minimum Gasteiger partial charge on any atom is -0.478 e. The van der Waals surface area contributed by atoms with E-state index < -0.39 is 11.5 Å². The maximum Gasteiger partial charge on any atom is 0.339 e. The standard InChI is InChI=1S/C11H9N5O4/c1-15-9-7(4-12-15)10(17)16(14-13-9)5-8-6(11(18)19)2-3-20-8/h2-4H,5H2,1H3,(H,18,19). The van der Waals surface area contributed by atoms with Crippen molar-refractivity contribution in [3.05, 3.63) is 40.2 Å². The molecule has 3 aromatic rings. The van der Waals surface area contributed by atoms with Crippen LogP contribution in [0.4, 0.5) is 0 Å². The Hall–Kier alpha value is -2.97. The highest BCUT2D eigenvalue weighted by molar-refractivity contribution is 5.88. The first-order chi connectivity index (χ1) is 9.58. The van der Waals surface area contributed by atoms with Crippen LogP contribution >= 0.6 is 0 Å². The molecule has 0 spiro atoms. The third kappa shape index (κ3) is 1.76. The lowest BCUT2D eigenvalue weighted by Gasteiger charge is -2.02. The van der Waals surface area contributed by atoms with Crippen molar-refractivity contribution in [3.63, 3.8) is 0 Å². The van der Waals surface area contributed by atoms with Gasteiger partial charge >= 0.3 is 5.97 Å². The normalized spacial score (nSPS) is 11.1. The summed E-state index contributed by atoms with van der Waals surface area (Å²) in [5.41, 5.74) is -0.0509. The Morgan fingerprint density at radius 3 is 3.05 bits per heavy atom. The van der Waals surface area contributed by atoms with E-state index in [0.29, 0.717) is 11.0 Å². The highest BCUT2D eigenvalue weighted by atomic mass is 16.4. The fraction of sp³-hybridized carbons (Fsp3) is 0.182. The zero-order chi connectivity index (χ0) is 14.3. The lowest BCUT2D eigenvalue weighted by molar-refractivity contribution is 0.0694. The van der Waals surface area contributed by atoms with Gasteiger partial charge < -0.3 is 9.52 Å². The predicted octanol–water partition coefficient (Wildman–Crippen LogP) is -0.136. The van der Waals surface area contributed by atoms with Gasteiger partial charge in [0.05, 0.1) is 12.5 Å². The summed E-state index contributed by atoms with van der Waals surface area (Å²) in [4.78, 5) is 23.1. The smallest absolute Gasteiger partial charge is 0.339 e. The molecular weight excluding hydrogens is 266 g/mol. The first-order valence-electron chi connectivity index (χ1n) is 5.63. The molecule has 9 nitrogen and oxygen atoms in total. The minimum atomic E-state index is -1.13. The summed E-state index contributed by atoms with van der Waals surface area (Å²) in [6, 6.07) is 1.32. The van der Waals surface area contributed by atoms with Gasteiger partial charge in [-0.2, -0.15) is 5.10 Å². The van der Waals surface area contributed by atoms with E-state index in [0.717, 1.165) is 4.68 Å². The number of carboxylic acid groups (broad SMARTS) is 1. The second kappa shape index (κ2) is 4.30. The van der Waals surface area contributed by atoms with E-state index in [-0.39, 0.29) is 17.9 Å². The van der Waals surface area contributed by atoms with Gasteiger partial charge in [-0.25, -0.2) is 14.2 Å². The van der Waals surface area contributed by atoms with Crippen molar-refractivity contribution in [2.24, 2.45) is 7.05 Å². The second-order valence-corrected chi connectivity index (χ2v) is 4.12. The van der Waals surface area contributed by atoms with Crippen molar-refractivity contribution in [2.45, 2.75) is 6.54 Å². The quantitative estimate of drug-likeness (QED) is 0.707. The first-order valence-corrected chi connectivity index (χ1v) is 5.63. The predicted molar refractivity (Wildman–Crippen MR) is 65.3 cm³/mol. The Bertz CT molecular complexity index is 859. The molecule has 102 valence electrons. The van der Waals surface area contributed by atoms with Crippen molar-refractivity contribution in [1.82, 2.24) is 24.8 Å². The number of fused-ring (bicyclic) bond motifs is 1. The summed E-state index contributed by atoms with van der Waals surface area (Å²) in [5.74, 6) is -0.991. The Balaban J connectivity index is 2.07. The molecular formula is C11H9N5O4. The third-order valence-corrected chi connectivity index (χ3v) is 2.89. The highest BCUT2D eigenvalue weighted by Gasteiger charge is 2.16. The van der Waals surface area contributed by atoms with E-state index in [9.17, 15) is 9.59 Å². The van der Waals surface area contributed by atoms with Crippen LogP contribution in [0.25, 0.3) is 11.0 Å². The van der Waals surface area contributed by atoms with Gasteiger partial charge in [0.25, 0.3) is 5.56 Å². The molecule has 0 radical (unpaired) electrons. The molecule has 0 fully saturated rings. The number of rotatable bonds is 3. The minimum absolute atomic E-state index is 0.00927. The number of aromatic carboxylic acids is 1. The van der Waals surface area contributed by atoms with Gasteiger partial charge in [0.1, 0.15) is 23.3 Å². The molecule has 9 heteroatoms. The number of hydrogen-bond donors (Lipinski definition) is 1. The molecule has 0 amide bonds. The summed E-state index contributed by atoms with van der Waals surface area (Å²) in [6.45, 7) is -0.106. The maximum absolute atomic E-state index is 12.2. The van der Waals surface area contributed by atoms with Gasteiger partial charge in [0.15, 0.2) is 5.65 Å². The average Bonchev–Trinajstić information content (AvgIpc) is 3.00. The molecule has 3 rings (SSSR count). The Morgan fingerprint density at radius 2 is 2.30 bits per heavy atom. The SMILES string of the molecule is Cn1ncc2c(=O)n(Cc3occc3C(=O)O)nnc21. The third-order valence-electron chi connectivity index (χ3n) is 2.89. The van der Waals surface area contributed by atoms with Crippen LogP contribution in [0, 0.1) is 0 Å². The number of furan rings is 1. The molecule has 0 aliphatic rings. The van der Waals surface area contributed by atoms with Crippen LogP contribution in [0.2, 0.25) is 0 Å². The van der Waals surface area contributed by atoms with Gasteiger partial charge in [0.2, 0.25) is 0 Å². The fourth-order valence-corrected chi connectivity index (χ4v) is 1.87. The van der Waals surface area contributed by atoms with Crippen molar-refractivity contribution < 1.29 is 14.3 Å². The summed E-state index contributed by atoms with van der Waals surface area (Å²) in [5, 5.41) is 20.9. The van der Waals surface area contributed by atoms with Crippen LogP contribution < -0.4 is 5.56 Å². The van der Waals surface area contributed by atoms with Crippen LogP contribution in [0.3, 0.4) is 0 Å². The second-order valence-electron chi connectivity index (χ2n) is 4.12. The zero-order valence-electron chi connectivity index (χ0n) is 10.3. The molecule has 20 heavy (non-hydrogen) atoms. The molecule has 0 saturated carbocycles. The van der Waals surface area contributed by atoms with Gasteiger partial charge in [-0.1, -0.05) is 5.21 Å². The Morgan fingerprint density at radius 1 is 1.50 bits per heavy atom. The molecule has 0 saturated heterocycles. The molecule has 1 N–H and O–H groups in total. The van der Waals surface area contributed by atoms with Crippen molar-refractivity contribution in [1.29, 1.82) is 0 Å². The summed E-state index contributed by atoms with van der Waals surface area (Å²) in [7, 11) is 1.65. The lowest BCUT2D eigenvalue weighted by atomic mass is 10.2. The van der Waals surface area contributed by atoms with Gasteiger partial charge in [-0.05, 0) is 6.07 Å². The van der Waals surface area contributed by atoms with Crippen LogP contribution in [-0.4, -0.2) is 35.9 Å².